The first-order valence-electron chi connectivity index (χ1n) is 8.55. The molecule has 0 bridgehead atoms. The minimum absolute atomic E-state index is 0.156. The number of fused-ring (bicyclic) bond motifs is 1. The fraction of sp³-hybridized carbons (Fsp3) is 0.263. The lowest BCUT2D eigenvalue weighted by atomic mass is 10.2. The molecule has 1 aromatic heterocycles. The standard InChI is InChI=1S/C18H16F2N4O2.CH4S/c19-10-1-2-14(16(5-10)26-12-3-4-25-8-12)24-18-17-13(20)6-11(21)7-15(17)22-9-23-18;1-2/h1-2,5-7,9,12H,3-4,8,21H2,(H,22,23,24);2H,1H3. The first-order chi connectivity index (χ1) is 13.6. The topological polar surface area (TPSA) is 82.3 Å². The minimum Gasteiger partial charge on any atom is -0.486 e. The van der Waals surface area contributed by atoms with Crippen molar-refractivity contribution in [2.75, 3.05) is 30.5 Å². The van der Waals surface area contributed by atoms with Gasteiger partial charge in [-0.2, -0.15) is 12.6 Å². The molecular formula is C19H20F2N4O2S. The molecule has 4 rings (SSSR count). The van der Waals surface area contributed by atoms with E-state index < -0.39 is 11.6 Å². The maximum atomic E-state index is 14.4. The van der Waals surface area contributed by atoms with Gasteiger partial charge in [0.2, 0.25) is 0 Å². The van der Waals surface area contributed by atoms with Gasteiger partial charge in [0, 0.05) is 18.2 Å². The quantitative estimate of drug-likeness (QED) is 0.450. The van der Waals surface area contributed by atoms with Crippen molar-refractivity contribution in [2.45, 2.75) is 12.5 Å². The van der Waals surface area contributed by atoms with E-state index in [1.807, 2.05) is 0 Å². The van der Waals surface area contributed by atoms with Crippen molar-refractivity contribution in [2.24, 2.45) is 0 Å². The summed E-state index contributed by atoms with van der Waals surface area (Å²) in [5.41, 5.74) is 6.77. The zero-order valence-corrected chi connectivity index (χ0v) is 16.0. The number of nitrogen functional groups attached to an aromatic ring is 1. The molecule has 9 heteroatoms. The number of nitrogens with zero attached hydrogens (tertiary/aromatic N) is 2. The molecule has 1 fully saturated rings. The molecule has 0 amide bonds. The Labute approximate surface area is 166 Å². The molecule has 0 saturated carbocycles. The summed E-state index contributed by atoms with van der Waals surface area (Å²) in [4.78, 5) is 8.16. The number of nitrogens with one attached hydrogen (secondary N) is 1. The summed E-state index contributed by atoms with van der Waals surface area (Å²) < 4.78 is 39.2. The van der Waals surface area contributed by atoms with Crippen molar-refractivity contribution in [3.63, 3.8) is 0 Å². The van der Waals surface area contributed by atoms with Crippen LogP contribution in [-0.2, 0) is 4.74 Å². The zero-order chi connectivity index (χ0) is 20.1. The molecule has 1 aliphatic rings. The third kappa shape index (κ3) is 4.42. The molecule has 1 unspecified atom stereocenters. The zero-order valence-electron chi connectivity index (χ0n) is 15.2. The van der Waals surface area contributed by atoms with E-state index in [1.54, 1.807) is 12.3 Å². The lowest BCUT2D eigenvalue weighted by Gasteiger charge is -2.17. The monoisotopic (exact) mass is 406 g/mol. The van der Waals surface area contributed by atoms with E-state index in [0.29, 0.717) is 30.2 Å². The first kappa shape index (κ1) is 20.1. The predicted molar refractivity (Wildman–Crippen MR) is 108 cm³/mol. The Bertz CT molecular complexity index is 968. The van der Waals surface area contributed by atoms with Crippen molar-refractivity contribution in [3.8, 4) is 5.75 Å². The van der Waals surface area contributed by atoms with Crippen LogP contribution in [0.15, 0.2) is 36.7 Å². The largest absolute Gasteiger partial charge is 0.486 e. The lowest BCUT2D eigenvalue weighted by Crippen LogP contribution is -2.16. The Morgan fingerprint density at radius 3 is 2.79 bits per heavy atom. The average Bonchev–Trinajstić information content (AvgIpc) is 3.18. The van der Waals surface area contributed by atoms with Gasteiger partial charge in [-0.3, -0.25) is 0 Å². The van der Waals surface area contributed by atoms with Crippen LogP contribution in [0.2, 0.25) is 0 Å². The van der Waals surface area contributed by atoms with Crippen LogP contribution in [-0.4, -0.2) is 35.5 Å². The van der Waals surface area contributed by atoms with Crippen LogP contribution in [0.3, 0.4) is 0 Å². The Kier molecular flexibility index (Phi) is 6.48. The second-order valence-electron chi connectivity index (χ2n) is 5.99. The summed E-state index contributed by atoms with van der Waals surface area (Å²) in [5, 5.41) is 3.21. The molecule has 1 atom stereocenters. The summed E-state index contributed by atoms with van der Waals surface area (Å²) in [6.07, 6.45) is 3.56. The molecular weight excluding hydrogens is 386 g/mol. The SMILES string of the molecule is CS.Nc1cc(F)c2c(Nc3ccc(F)cc3OC3CCOC3)ncnc2c1. The third-order valence-corrected chi connectivity index (χ3v) is 4.09. The van der Waals surface area contributed by atoms with Crippen molar-refractivity contribution < 1.29 is 18.3 Å². The molecule has 2 aromatic carbocycles. The van der Waals surface area contributed by atoms with Crippen LogP contribution in [0.5, 0.6) is 5.75 Å². The molecule has 0 aliphatic carbocycles. The summed E-state index contributed by atoms with van der Waals surface area (Å²) >= 11 is 3.53. The Morgan fingerprint density at radius 1 is 1.21 bits per heavy atom. The Hall–Kier alpha value is -2.65. The van der Waals surface area contributed by atoms with Crippen molar-refractivity contribution in [1.82, 2.24) is 9.97 Å². The van der Waals surface area contributed by atoms with Crippen molar-refractivity contribution in [1.29, 1.82) is 0 Å². The normalized spacial score (nSPS) is 15.8. The van der Waals surface area contributed by atoms with E-state index in [4.69, 9.17) is 15.2 Å². The molecule has 3 aromatic rings. The van der Waals surface area contributed by atoms with Gasteiger partial charge in [0.1, 0.15) is 35.6 Å². The third-order valence-electron chi connectivity index (χ3n) is 4.09. The van der Waals surface area contributed by atoms with Crippen LogP contribution in [0.25, 0.3) is 10.9 Å². The maximum absolute atomic E-state index is 14.4. The van der Waals surface area contributed by atoms with Gasteiger partial charge in [0.05, 0.1) is 29.8 Å². The van der Waals surface area contributed by atoms with Gasteiger partial charge in [-0.1, -0.05) is 0 Å². The molecule has 0 spiro atoms. The fourth-order valence-electron chi connectivity index (χ4n) is 2.87. The number of rotatable bonds is 4. The van der Waals surface area contributed by atoms with Gasteiger partial charge in [0.25, 0.3) is 0 Å². The van der Waals surface area contributed by atoms with E-state index >= 15 is 0 Å². The number of thiol groups is 1. The average molecular weight is 406 g/mol. The van der Waals surface area contributed by atoms with E-state index in [0.717, 1.165) is 6.42 Å². The van der Waals surface area contributed by atoms with E-state index in [9.17, 15) is 8.78 Å². The highest BCUT2D eigenvalue weighted by Gasteiger charge is 2.20. The van der Waals surface area contributed by atoms with Gasteiger partial charge < -0.3 is 20.5 Å². The van der Waals surface area contributed by atoms with Crippen LogP contribution in [0.4, 0.5) is 26.0 Å². The number of anilines is 3. The molecule has 1 aliphatic heterocycles. The van der Waals surface area contributed by atoms with E-state index in [2.05, 4.69) is 27.9 Å². The van der Waals surface area contributed by atoms with Gasteiger partial charge >= 0.3 is 0 Å². The number of hydrogen-bond acceptors (Lipinski definition) is 7. The first-order valence-corrected chi connectivity index (χ1v) is 9.45. The second-order valence-corrected chi connectivity index (χ2v) is 5.99. The number of hydrogen-bond donors (Lipinski definition) is 3. The van der Waals surface area contributed by atoms with Gasteiger partial charge in [-0.15, -0.1) is 0 Å². The highest BCUT2D eigenvalue weighted by Crippen LogP contribution is 2.33. The molecule has 148 valence electrons. The van der Waals surface area contributed by atoms with E-state index in [-0.39, 0.29) is 23.0 Å². The molecule has 3 N–H and O–H groups in total. The molecule has 1 saturated heterocycles. The number of ether oxygens (including phenoxy) is 2. The predicted octanol–water partition coefficient (Wildman–Crippen LogP) is 3.95. The number of halogens is 2. The summed E-state index contributed by atoms with van der Waals surface area (Å²) in [7, 11) is 0. The van der Waals surface area contributed by atoms with Gasteiger partial charge in [0.15, 0.2) is 0 Å². The fourth-order valence-corrected chi connectivity index (χ4v) is 2.87. The number of benzene rings is 2. The lowest BCUT2D eigenvalue weighted by molar-refractivity contribution is 0.141. The molecule has 6 nitrogen and oxygen atoms in total. The number of aromatic nitrogens is 2. The molecule has 0 radical (unpaired) electrons. The maximum Gasteiger partial charge on any atom is 0.146 e. The minimum atomic E-state index is -0.545. The Balaban J connectivity index is 0.00000109. The molecule has 28 heavy (non-hydrogen) atoms. The van der Waals surface area contributed by atoms with E-state index in [1.165, 1.54) is 30.6 Å². The van der Waals surface area contributed by atoms with Crippen LogP contribution < -0.4 is 15.8 Å². The highest BCUT2D eigenvalue weighted by molar-refractivity contribution is 7.79. The van der Waals surface area contributed by atoms with Crippen LogP contribution in [0, 0.1) is 11.6 Å². The van der Waals surface area contributed by atoms with Crippen LogP contribution >= 0.6 is 12.6 Å². The molecule has 2 heterocycles. The Morgan fingerprint density at radius 2 is 2.04 bits per heavy atom. The van der Waals surface area contributed by atoms with Gasteiger partial charge in [-0.05, 0) is 30.5 Å². The summed E-state index contributed by atoms with van der Waals surface area (Å²) in [5.74, 6) is -0.428. The van der Waals surface area contributed by atoms with Crippen molar-refractivity contribution >= 4 is 40.7 Å². The smallest absolute Gasteiger partial charge is 0.146 e. The van der Waals surface area contributed by atoms with Crippen molar-refractivity contribution in [3.05, 3.63) is 48.3 Å². The number of nitrogens with two attached hydrogens (primary N) is 1. The highest BCUT2D eigenvalue weighted by atomic mass is 32.1. The summed E-state index contributed by atoms with van der Waals surface area (Å²) in [6.45, 7) is 1.05. The summed E-state index contributed by atoms with van der Waals surface area (Å²) in [6, 6.07) is 6.85. The second kappa shape index (κ2) is 9.03. The van der Waals surface area contributed by atoms with Crippen LogP contribution in [0.1, 0.15) is 6.42 Å². The van der Waals surface area contributed by atoms with Gasteiger partial charge in [-0.25, -0.2) is 18.7 Å².